The number of nitrogens with two attached hydrogens (primary N) is 1. The standard InChI is InChI=1S/C14H20N2O4/c1-18-6-2-3-11(15)14(17)16-10-4-5-12-13(9-10)20-8-7-19-12/h4-5,9,11H,2-3,6-8,15H2,1H3,(H,16,17). The Bertz CT molecular complexity index is 464. The number of anilines is 1. The number of rotatable bonds is 6. The molecule has 2 rings (SSSR count). The fraction of sp³-hybridized carbons (Fsp3) is 0.500. The van der Waals surface area contributed by atoms with Crippen molar-refractivity contribution in [1.82, 2.24) is 0 Å². The highest BCUT2D eigenvalue weighted by Crippen LogP contribution is 2.32. The zero-order chi connectivity index (χ0) is 14.4. The number of methoxy groups -OCH3 is 1. The van der Waals surface area contributed by atoms with Gasteiger partial charge >= 0.3 is 0 Å². The van der Waals surface area contributed by atoms with Crippen LogP contribution in [0.4, 0.5) is 5.69 Å². The summed E-state index contributed by atoms with van der Waals surface area (Å²) in [4.78, 5) is 11.9. The van der Waals surface area contributed by atoms with Crippen LogP contribution in [0, 0.1) is 0 Å². The Morgan fingerprint density at radius 1 is 1.40 bits per heavy atom. The van der Waals surface area contributed by atoms with Crippen LogP contribution >= 0.6 is 0 Å². The highest BCUT2D eigenvalue weighted by Gasteiger charge is 2.16. The number of amides is 1. The van der Waals surface area contributed by atoms with Crippen molar-refractivity contribution in [2.75, 3.05) is 32.2 Å². The largest absolute Gasteiger partial charge is 0.486 e. The van der Waals surface area contributed by atoms with Crippen molar-refractivity contribution in [1.29, 1.82) is 0 Å². The molecule has 6 heteroatoms. The van der Waals surface area contributed by atoms with Crippen molar-refractivity contribution in [3.05, 3.63) is 18.2 Å². The normalized spacial score (nSPS) is 14.7. The van der Waals surface area contributed by atoms with Gasteiger partial charge in [-0.3, -0.25) is 4.79 Å². The van der Waals surface area contributed by atoms with Gasteiger partial charge < -0.3 is 25.3 Å². The van der Waals surface area contributed by atoms with E-state index in [-0.39, 0.29) is 5.91 Å². The molecule has 1 atom stereocenters. The van der Waals surface area contributed by atoms with E-state index in [1.54, 1.807) is 25.3 Å². The molecule has 110 valence electrons. The number of nitrogens with one attached hydrogen (secondary N) is 1. The quantitative estimate of drug-likeness (QED) is 0.764. The third-order valence-electron chi connectivity index (χ3n) is 3.01. The second kappa shape index (κ2) is 7.12. The van der Waals surface area contributed by atoms with Gasteiger partial charge in [-0.1, -0.05) is 0 Å². The molecule has 0 spiro atoms. The lowest BCUT2D eigenvalue weighted by atomic mass is 10.1. The van der Waals surface area contributed by atoms with E-state index in [1.165, 1.54) is 0 Å². The van der Waals surface area contributed by atoms with E-state index in [9.17, 15) is 4.79 Å². The smallest absolute Gasteiger partial charge is 0.241 e. The highest BCUT2D eigenvalue weighted by molar-refractivity contribution is 5.94. The van der Waals surface area contributed by atoms with Crippen molar-refractivity contribution >= 4 is 11.6 Å². The van der Waals surface area contributed by atoms with Crippen LogP contribution in [0.15, 0.2) is 18.2 Å². The summed E-state index contributed by atoms with van der Waals surface area (Å²) < 4.78 is 15.8. The van der Waals surface area contributed by atoms with Gasteiger partial charge in [-0.2, -0.15) is 0 Å². The summed E-state index contributed by atoms with van der Waals surface area (Å²) in [5, 5.41) is 2.78. The van der Waals surface area contributed by atoms with Gasteiger partial charge in [0.15, 0.2) is 11.5 Å². The number of carbonyl (C=O) groups excluding carboxylic acids is 1. The molecule has 1 unspecified atom stereocenters. The Hall–Kier alpha value is -1.79. The Balaban J connectivity index is 1.90. The summed E-state index contributed by atoms with van der Waals surface area (Å²) in [7, 11) is 1.63. The van der Waals surface area contributed by atoms with Crippen LogP contribution in [-0.2, 0) is 9.53 Å². The van der Waals surface area contributed by atoms with Gasteiger partial charge in [0.1, 0.15) is 13.2 Å². The van der Waals surface area contributed by atoms with E-state index in [4.69, 9.17) is 19.9 Å². The predicted molar refractivity (Wildman–Crippen MR) is 75.1 cm³/mol. The van der Waals surface area contributed by atoms with Gasteiger partial charge in [-0.05, 0) is 25.0 Å². The number of fused-ring (bicyclic) bond motifs is 1. The first-order chi connectivity index (χ1) is 9.70. The average molecular weight is 280 g/mol. The third kappa shape index (κ3) is 3.85. The molecular weight excluding hydrogens is 260 g/mol. The van der Waals surface area contributed by atoms with Crippen LogP contribution < -0.4 is 20.5 Å². The molecule has 0 aliphatic carbocycles. The molecular formula is C14H20N2O4. The molecule has 6 nitrogen and oxygen atoms in total. The van der Waals surface area contributed by atoms with Crippen LogP contribution in [0.25, 0.3) is 0 Å². The first-order valence-corrected chi connectivity index (χ1v) is 6.65. The Labute approximate surface area is 118 Å². The molecule has 3 N–H and O–H groups in total. The molecule has 1 aromatic rings. The third-order valence-corrected chi connectivity index (χ3v) is 3.01. The minimum Gasteiger partial charge on any atom is -0.486 e. The second-order valence-corrected chi connectivity index (χ2v) is 4.59. The van der Waals surface area contributed by atoms with Gasteiger partial charge in [0, 0.05) is 25.5 Å². The van der Waals surface area contributed by atoms with E-state index >= 15 is 0 Å². The highest BCUT2D eigenvalue weighted by atomic mass is 16.6. The summed E-state index contributed by atoms with van der Waals surface area (Å²) in [6, 6.07) is 4.75. The lowest BCUT2D eigenvalue weighted by molar-refractivity contribution is -0.117. The van der Waals surface area contributed by atoms with E-state index in [1.807, 2.05) is 0 Å². The van der Waals surface area contributed by atoms with E-state index in [2.05, 4.69) is 5.32 Å². The number of hydrogen-bond acceptors (Lipinski definition) is 5. The summed E-state index contributed by atoms with van der Waals surface area (Å²) in [6.45, 7) is 1.66. The minimum absolute atomic E-state index is 0.210. The van der Waals surface area contributed by atoms with Gasteiger partial charge in [0.05, 0.1) is 6.04 Å². The maximum absolute atomic E-state index is 11.9. The van der Waals surface area contributed by atoms with Gasteiger partial charge in [-0.25, -0.2) is 0 Å². The Morgan fingerprint density at radius 3 is 2.90 bits per heavy atom. The molecule has 0 aromatic heterocycles. The zero-order valence-corrected chi connectivity index (χ0v) is 11.6. The van der Waals surface area contributed by atoms with Crippen LogP contribution in [-0.4, -0.2) is 38.9 Å². The fourth-order valence-corrected chi connectivity index (χ4v) is 1.93. The van der Waals surface area contributed by atoms with Crippen molar-refractivity contribution < 1.29 is 19.0 Å². The molecule has 0 bridgehead atoms. The molecule has 1 aromatic carbocycles. The van der Waals surface area contributed by atoms with Crippen LogP contribution in [0.5, 0.6) is 11.5 Å². The zero-order valence-electron chi connectivity index (χ0n) is 11.6. The average Bonchev–Trinajstić information content (AvgIpc) is 2.47. The molecule has 1 aliphatic heterocycles. The lowest BCUT2D eigenvalue weighted by Gasteiger charge is -2.19. The van der Waals surface area contributed by atoms with Gasteiger partial charge in [0.25, 0.3) is 0 Å². The first kappa shape index (κ1) is 14.6. The summed E-state index contributed by atoms with van der Waals surface area (Å²) in [6.07, 6.45) is 1.34. The van der Waals surface area contributed by atoms with Crippen molar-refractivity contribution in [3.8, 4) is 11.5 Å². The molecule has 1 heterocycles. The minimum atomic E-state index is -0.543. The topological polar surface area (TPSA) is 82.8 Å². The second-order valence-electron chi connectivity index (χ2n) is 4.59. The molecule has 20 heavy (non-hydrogen) atoms. The first-order valence-electron chi connectivity index (χ1n) is 6.65. The molecule has 1 aliphatic rings. The van der Waals surface area contributed by atoms with Crippen molar-refractivity contribution in [2.24, 2.45) is 5.73 Å². The maximum atomic E-state index is 11.9. The molecule has 1 amide bonds. The van der Waals surface area contributed by atoms with Crippen LogP contribution in [0.1, 0.15) is 12.8 Å². The molecule has 0 saturated heterocycles. The van der Waals surface area contributed by atoms with Crippen molar-refractivity contribution in [3.63, 3.8) is 0 Å². The number of carbonyl (C=O) groups is 1. The lowest BCUT2D eigenvalue weighted by Crippen LogP contribution is -2.35. The Kier molecular flexibility index (Phi) is 5.20. The van der Waals surface area contributed by atoms with E-state index in [0.29, 0.717) is 43.4 Å². The van der Waals surface area contributed by atoms with Gasteiger partial charge in [0.2, 0.25) is 5.91 Å². The van der Waals surface area contributed by atoms with Gasteiger partial charge in [-0.15, -0.1) is 0 Å². The number of ether oxygens (including phenoxy) is 3. The number of benzene rings is 1. The summed E-state index contributed by atoms with van der Waals surface area (Å²) in [5.41, 5.74) is 6.47. The fourth-order valence-electron chi connectivity index (χ4n) is 1.93. The molecule has 0 radical (unpaired) electrons. The SMILES string of the molecule is COCCCC(N)C(=O)Nc1ccc2c(c1)OCCO2. The van der Waals surface area contributed by atoms with Crippen LogP contribution in [0.2, 0.25) is 0 Å². The van der Waals surface area contributed by atoms with Crippen LogP contribution in [0.3, 0.4) is 0 Å². The summed E-state index contributed by atoms with van der Waals surface area (Å²) >= 11 is 0. The maximum Gasteiger partial charge on any atom is 0.241 e. The molecule has 0 saturated carbocycles. The van der Waals surface area contributed by atoms with E-state index < -0.39 is 6.04 Å². The monoisotopic (exact) mass is 280 g/mol. The van der Waals surface area contributed by atoms with E-state index in [0.717, 1.165) is 6.42 Å². The molecule has 0 fully saturated rings. The Morgan fingerprint density at radius 2 is 2.15 bits per heavy atom. The van der Waals surface area contributed by atoms with Crippen molar-refractivity contribution in [2.45, 2.75) is 18.9 Å². The summed E-state index contributed by atoms with van der Waals surface area (Å²) in [5.74, 6) is 1.12. The predicted octanol–water partition coefficient (Wildman–Crippen LogP) is 1.15. The number of hydrogen-bond donors (Lipinski definition) is 2.